The zero-order valence-electron chi connectivity index (χ0n) is 15.0. The van der Waals surface area contributed by atoms with Gasteiger partial charge in [-0.15, -0.1) is 0 Å². The van der Waals surface area contributed by atoms with Gasteiger partial charge in [0.15, 0.2) is 5.96 Å². The van der Waals surface area contributed by atoms with Gasteiger partial charge in [-0.05, 0) is 19.8 Å². The van der Waals surface area contributed by atoms with Gasteiger partial charge in [0, 0.05) is 12.3 Å². The van der Waals surface area contributed by atoms with E-state index in [9.17, 15) is 19.2 Å². The Morgan fingerprint density at radius 2 is 1.78 bits per heavy atom. The van der Waals surface area contributed by atoms with Crippen molar-refractivity contribution in [2.75, 3.05) is 18.8 Å². The summed E-state index contributed by atoms with van der Waals surface area (Å²) in [6.45, 7) is 1.33. The van der Waals surface area contributed by atoms with Crippen LogP contribution in [-0.2, 0) is 19.2 Å². The molecule has 0 aromatic carbocycles. The van der Waals surface area contributed by atoms with E-state index in [1.807, 2.05) is 0 Å². The highest BCUT2D eigenvalue weighted by Gasteiger charge is 2.23. The number of nitrogens with zero attached hydrogens (tertiary/aromatic N) is 1. The first-order valence-corrected chi connectivity index (χ1v) is 8.73. The molecule has 0 heterocycles. The fraction of sp³-hybridized carbons (Fsp3) is 0.643. The van der Waals surface area contributed by atoms with E-state index in [4.69, 9.17) is 22.3 Å². The summed E-state index contributed by atoms with van der Waals surface area (Å²) >= 11 is 3.82. The third-order valence-electron chi connectivity index (χ3n) is 3.30. The fourth-order valence-corrected chi connectivity index (χ4v) is 2.04. The number of amides is 3. The Balaban J connectivity index is 4.22. The van der Waals surface area contributed by atoms with E-state index in [2.05, 4.69) is 33.6 Å². The van der Waals surface area contributed by atoms with E-state index in [0.29, 0.717) is 19.4 Å². The van der Waals surface area contributed by atoms with Crippen LogP contribution >= 0.6 is 12.6 Å². The molecule has 0 saturated heterocycles. The largest absolute Gasteiger partial charge is 0.480 e. The van der Waals surface area contributed by atoms with Crippen molar-refractivity contribution in [1.29, 1.82) is 0 Å². The molecule has 0 aromatic heterocycles. The third-order valence-corrected chi connectivity index (χ3v) is 3.66. The molecule has 0 saturated carbocycles. The van der Waals surface area contributed by atoms with E-state index in [0.717, 1.165) is 0 Å². The lowest BCUT2D eigenvalue weighted by Gasteiger charge is -2.18. The molecular weight excluding hydrogens is 378 g/mol. The number of nitrogens with two attached hydrogens (primary N) is 3. The van der Waals surface area contributed by atoms with Crippen molar-refractivity contribution < 1.29 is 24.3 Å². The van der Waals surface area contributed by atoms with Crippen LogP contribution in [0.3, 0.4) is 0 Å². The number of aliphatic carboxylic acids is 1. The summed E-state index contributed by atoms with van der Waals surface area (Å²) in [6, 6.07) is -3.00. The molecule has 154 valence electrons. The summed E-state index contributed by atoms with van der Waals surface area (Å²) < 4.78 is 0. The zero-order chi connectivity index (χ0) is 21.0. The van der Waals surface area contributed by atoms with Crippen LogP contribution in [-0.4, -0.2) is 71.7 Å². The number of aliphatic imine (C=N–C) groups is 1. The Labute approximate surface area is 162 Å². The molecule has 0 aliphatic rings. The molecule has 0 aromatic rings. The second-order valence-corrected chi connectivity index (χ2v) is 6.01. The SMILES string of the molecule is C[C@H](NC(=O)CNC(=O)[C@@H](N)CCCN=C(N)N)C(=O)N[C@@H](CS)C(=O)O. The standard InChI is InChI=1S/C14H27N7O5S/c1-7(11(23)21-9(6-27)13(25)26)20-10(22)5-19-12(24)8(15)3-2-4-18-14(16)17/h7-9,27H,2-6,15H2,1H3,(H,19,24)(H,20,22)(H,21,23)(H,25,26)(H4,16,17,18)/t7-,8-,9-/m0/s1. The summed E-state index contributed by atoms with van der Waals surface area (Å²) in [4.78, 5) is 50.0. The Morgan fingerprint density at radius 3 is 2.30 bits per heavy atom. The maximum atomic E-state index is 11.8. The van der Waals surface area contributed by atoms with Gasteiger partial charge in [-0.25, -0.2) is 4.79 Å². The second kappa shape index (κ2) is 12.8. The van der Waals surface area contributed by atoms with Gasteiger partial charge in [0.1, 0.15) is 12.1 Å². The molecule has 3 amide bonds. The van der Waals surface area contributed by atoms with Crippen LogP contribution in [0.5, 0.6) is 0 Å². The van der Waals surface area contributed by atoms with Gasteiger partial charge in [-0.2, -0.15) is 12.6 Å². The first-order valence-electron chi connectivity index (χ1n) is 8.10. The highest BCUT2D eigenvalue weighted by molar-refractivity contribution is 7.80. The lowest BCUT2D eigenvalue weighted by Crippen LogP contribution is -2.53. The molecule has 12 nitrogen and oxygen atoms in total. The molecule has 0 fully saturated rings. The quantitative estimate of drug-likeness (QED) is 0.0703. The summed E-state index contributed by atoms with van der Waals surface area (Å²) in [5.41, 5.74) is 16.0. The van der Waals surface area contributed by atoms with Crippen LogP contribution < -0.4 is 33.2 Å². The normalized spacial score (nSPS) is 13.6. The molecule has 27 heavy (non-hydrogen) atoms. The molecule has 0 unspecified atom stereocenters. The van der Waals surface area contributed by atoms with Crippen molar-refractivity contribution in [2.45, 2.75) is 37.9 Å². The van der Waals surface area contributed by atoms with Crippen LogP contribution in [0.25, 0.3) is 0 Å². The molecule has 0 spiro atoms. The van der Waals surface area contributed by atoms with Gasteiger partial charge in [0.2, 0.25) is 17.7 Å². The van der Waals surface area contributed by atoms with Crippen molar-refractivity contribution in [3.8, 4) is 0 Å². The van der Waals surface area contributed by atoms with Crippen LogP contribution in [0.4, 0.5) is 0 Å². The minimum atomic E-state index is -1.24. The van der Waals surface area contributed by atoms with Crippen molar-refractivity contribution in [2.24, 2.45) is 22.2 Å². The second-order valence-electron chi connectivity index (χ2n) is 5.64. The predicted molar refractivity (Wildman–Crippen MR) is 102 cm³/mol. The summed E-state index contributed by atoms with van der Waals surface area (Å²) in [7, 11) is 0. The van der Waals surface area contributed by atoms with Crippen LogP contribution in [0.15, 0.2) is 4.99 Å². The maximum Gasteiger partial charge on any atom is 0.327 e. The molecule has 10 N–H and O–H groups in total. The minimum Gasteiger partial charge on any atom is -0.480 e. The van der Waals surface area contributed by atoms with Gasteiger partial charge in [0.25, 0.3) is 0 Å². The average molecular weight is 405 g/mol. The number of rotatable bonds is 12. The van der Waals surface area contributed by atoms with Crippen LogP contribution in [0, 0.1) is 0 Å². The number of hydrogen-bond acceptors (Lipinski definition) is 7. The number of carbonyl (C=O) groups is 4. The van der Waals surface area contributed by atoms with Gasteiger partial charge in [-0.1, -0.05) is 0 Å². The van der Waals surface area contributed by atoms with Crippen molar-refractivity contribution >= 4 is 42.3 Å². The van der Waals surface area contributed by atoms with Crippen LogP contribution in [0.1, 0.15) is 19.8 Å². The Hall–Kier alpha value is -2.54. The van der Waals surface area contributed by atoms with Gasteiger partial charge < -0.3 is 38.3 Å². The molecule has 0 radical (unpaired) electrons. The Kier molecular flexibility index (Phi) is 11.6. The van der Waals surface area contributed by atoms with E-state index in [1.165, 1.54) is 6.92 Å². The van der Waals surface area contributed by atoms with Gasteiger partial charge in [-0.3, -0.25) is 19.4 Å². The van der Waals surface area contributed by atoms with E-state index < -0.39 is 41.8 Å². The monoisotopic (exact) mass is 405 g/mol. The predicted octanol–water partition coefficient (Wildman–Crippen LogP) is -3.51. The number of carbonyl (C=O) groups excluding carboxylic acids is 3. The maximum absolute atomic E-state index is 11.8. The smallest absolute Gasteiger partial charge is 0.327 e. The van der Waals surface area contributed by atoms with Gasteiger partial charge >= 0.3 is 5.97 Å². The molecule has 0 aliphatic carbocycles. The lowest BCUT2D eigenvalue weighted by molar-refractivity contribution is -0.141. The summed E-state index contributed by atoms with van der Waals surface area (Å²) in [5.74, 6) is -3.24. The average Bonchev–Trinajstić information content (AvgIpc) is 2.60. The molecule has 0 rings (SSSR count). The molecule has 0 aliphatic heterocycles. The topological polar surface area (TPSA) is 215 Å². The summed E-state index contributed by atoms with van der Waals surface area (Å²) in [6.07, 6.45) is 0.815. The molecular formula is C14H27N7O5S. The van der Waals surface area contributed by atoms with Gasteiger partial charge in [0.05, 0.1) is 12.6 Å². The number of carboxylic acids is 1. The fourth-order valence-electron chi connectivity index (χ4n) is 1.79. The minimum absolute atomic E-state index is 0.0492. The van der Waals surface area contributed by atoms with E-state index in [1.54, 1.807) is 0 Å². The highest BCUT2D eigenvalue weighted by Crippen LogP contribution is 1.95. The number of thiol groups is 1. The van der Waals surface area contributed by atoms with E-state index in [-0.39, 0.29) is 18.3 Å². The Morgan fingerprint density at radius 1 is 1.15 bits per heavy atom. The molecule has 3 atom stereocenters. The van der Waals surface area contributed by atoms with Crippen molar-refractivity contribution in [3.63, 3.8) is 0 Å². The number of hydrogen-bond donors (Lipinski definition) is 8. The highest BCUT2D eigenvalue weighted by atomic mass is 32.1. The molecule has 0 bridgehead atoms. The first kappa shape index (κ1) is 24.5. The summed E-state index contributed by atoms with van der Waals surface area (Å²) in [5, 5.41) is 15.8. The third kappa shape index (κ3) is 10.9. The number of carboxylic acid groups (broad SMARTS) is 1. The number of guanidine groups is 1. The van der Waals surface area contributed by atoms with Crippen LogP contribution in [0.2, 0.25) is 0 Å². The zero-order valence-corrected chi connectivity index (χ0v) is 15.9. The van der Waals surface area contributed by atoms with E-state index >= 15 is 0 Å². The van der Waals surface area contributed by atoms with Crippen molar-refractivity contribution in [1.82, 2.24) is 16.0 Å². The molecule has 13 heteroatoms. The Bertz CT molecular complexity index is 568. The number of nitrogens with one attached hydrogen (secondary N) is 3. The van der Waals surface area contributed by atoms with Crippen molar-refractivity contribution in [3.05, 3.63) is 0 Å². The lowest BCUT2D eigenvalue weighted by atomic mass is 10.1. The first-order chi connectivity index (χ1) is 12.6.